The molecular formula is C40H55FN2. The molecule has 0 bridgehead atoms. The Morgan fingerprint density at radius 1 is 1.02 bits per heavy atom. The van der Waals surface area contributed by atoms with Crippen LogP contribution in [0.15, 0.2) is 78.5 Å². The van der Waals surface area contributed by atoms with E-state index in [0.29, 0.717) is 17.8 Å². The highest BCUT2D eigenvalue weighted by molar-refractivity contribution is 5.87. The van der Waals surface area contributed by atoms with Gasteiger partial charge in [0.25, 0.3) is 0 Å². The third kappa shape index (κ3) is 8.31. The van der Waals surface area contributed by atoms with Gasteiger partial charge in [0, 0.05) is 17.8 Å². The molecule has 4 atom stereocenters. The van der Waals surface area contributed by atoms with Crippen LogP contribution in [-0.4, -0.2) is 9.77 Å². The fourth-order valence-electron chi connectivity index (χ4n) is 6.52. The Morgan fingerprint density at radius 3 is 2.42 bits per heavy atom. The molecule has 0 aliphatic heterocycles. The summed E-state index contributed by atoms with van der Waals surface area (Å²) in [5.41, 5.74) is 10.1. The first kappa shape index (κ1) is 32.8. The lowest BCUT2D eigenvalue weighted by Gasteiger charge is -2.31. The Kier molecular flexibility index (Phi) is 11.2. The molecule has 3 heteroatoms. The normalized spacial score (nSPS) is 21.3. The second kappa shape index (κ2) is 14.6. The molecule has 0 saturated heterocycles. The van der Waals surface area contributed by atoms with E-state index in [1.165, 1.54) is 46.4 Å². The monoisotopic (exact) mass is 582 g/mol. The number of nitrogens with one attached hydrogen (secondary N) is 1. The molecule has 2 aromatic heterocycles. The number of aromatic amines is 1. The largest absolute Gasteiger partial charge is 0.361 e. The second-order valence-corrected chi connectivity index (χ2v) is 14.2. The van der Waals surface area contributed by atoms with E-state index in [0.717, 1.165) is 54.2 Å². The van der Waals surface area contributed by atoms with E-state index in [4.69, 9.17) is 0 Å². The maximum absolute atomic E-state index is 14.5. The van der Waals surface area contributed by atoms with Gasteiger partial charge in [-0.15, -0.1) is 0 Å². The van der Waals surface area contributed by atoms with Gasteiger partial charge in [-0.2, -0.15) is 4.79 Å². The molecule has 3 aromatic rings. The lowest BCUT2D eigenvalue weighted by Crippen LogP contribution is -2.20. The number of allylic oxidation sites excluding steroid dienone is 6. The van der Waals surface area contributed by atoms with Gasteiger partial charge in [-0.1, -0.05) is 114 Å². The maximum Gasteiger partial charge on any atom is 0.0554 e. The van der Waals surface area contributed by atoms with Gasteiger partial charge in [0.15, 0.2) is 0 Å². The van der Waals surface area contributed by atoms with E-state index in [1.54, 1.807) is 0 Å². The molecular weight excluding hydrogens is 527 g/mol. The third-order valence-electron chi connectivity index (χ3n) is 9.62. The smallest absolute Gasteiger partial charge is 0.0554 e. The molecule has 0 amide bonds. The van der Waals surface area contributed by atoms with Gasteiger partial charge in [0.1, 0.15) is 0 Å². The Bertz CT molecular complexity index is 1410. The Labute approximate surface area is 261 Å². The number of aromatic nitrogens is 2. The fraction of sp³-hybridized carbons (Fsp3) is 0.500. The van der Waals surface area contributed by atoms with Crippen molar-refractivity contribution in [3.63, 3.8) is 0 Å². The summed E-state index contributed by atoms with van der Waals surface area (Å²) in [5.74, 6) is 2.10. The zero-order valence-corrected chi connectivity index (χ0v) is 28.0. The van der Waals surface area contributed by atoms with Crippen molar-refractivity contribution in [3.8, 4) is 0 Å². The number of halogens is 1. The van der Waals surface area contributed by atoms with Gasteiger partial charge in [0.05, 0.1) is 11.4 Å². The van der Waals surface area contributed by atoms with Gasteiger partial charge in [-0.25, -0.2) is 0 Å². The standard InChI is InChI=1S/C21H25N.C19H30FN/c1-15-10-11-17(12-19(15)16-8-6-5-7-9-16)20-13-18(14-22-20)21(2,3)4;1-5-7-17-10-11-19(21(17)20)18-13-16(9-8-15(18)4)12-14(3)6-2/h5-9,12-14,22H,10-11H2,1-4H3;8-11,14-16,18H,5-7,12-13H2,1-4H3/t;14-,15?,16+,18?/m.1/s1. The van der Waals surface area contributed by atoms with Crippen molar-refractivity contribution in [1.29, 1.82) is 0 Å². The molecule has 2 unspecified atom stereocenters. The van der Waals surface area contributed by atoms with Crippen LogP contribution < -0.4 is 0 Å². The minimum atomic E-state index is 0.192. The van der Waals surface area contributed by atoms with Crippen molar-refractivity contribution in [3.05, 3.63) is 107 Å². The van der Waals surface area contributed by atoms with E-state index < -0.39 is 0 Å². The van der Waals surface area contributed by atoms with E-state index in [-0.39, 0.29) is 5.41 Å². The fourth-order valence-corrected chi connectivity index (χ4v) is 6.52. The highest BCUT2D eigenvalue weighted by Gasteiger charge is 2.29. The van der Waals surface area contributed by atoms with Crippen LogP contribution in [0.2, 0.25) is 0 Å². The Hall–Kier alpha value is -3.07. The van der Waals surface area contributed by atoms with Crippen molar-refractivity contribution in [1.82, 2.24) is 9.77 Å². The lowest BCUT2D eigenvalue weighted by molar-refractivity contribution is 0.290. The number of H-pyrrole nitrogens is 1. The van der Waals surface area contributed by atoms with Crippen LogP contribution in [0.3, 0.4) is 0 Å². The molecule has 2 nitrogen and oxygen atoms in total. The van der Waals surface area contributed by atoms with Crippen LogP contribution in [0.5, 0.6) is 0 Å². The summed E-state index contributed by atoms with van der Waals surface area (Å²) in [6, 6.07) is 17.0. The predicted molar refractivity (Wildman–Crippen MR) is 184 cm³/mol. The van der Waals surface area contributed by atoms with Crippen molar-refractivity contribution in [2.24, 2.45) is 17.8 Å². The van der Waals surface area contributed by atoms with Gasteiger partial charge in [0.2, 0.25) is 0 Å². The molecule has 5 rings (SSSR count). The van der Waals surface area contributed by atoms with Crippen LogP contribution in [0.4, 0.5) is 4.48 Å². The Balaban J connectivity index is 0.000000197. The summed E-state index contributed by atoms with van der Waals surface area (Å²) in [4.78, 5) is 4.44. The number of hydrogen-bond acceptors (Lipinski definition) is 0. The summed E-state index contributed by atoms with van der Waals surface area (Å²) in [6.45, 7) is 17.9. The molecule has 2 aliphatic rings. The first-order valence-electron chi connectivity index (χ1n) is 16.7. The van der Waals surface area contributed by atoms with Gasteiger partial charge in [-0.3, -0.25) is 0 Å². The number of aryl methyl sites for hydroxylation is 1. The van der Waals surface area contributed by atoms with Crippen LogP contribution in [0.1, 0.15) is 128 Å². The molecule has 0 spiro atoms. The van der Waals surface area contributed by atoms with E-state index in [9.17, 15) is 4.48 Å². The van der Waals surface area contributed by atoms with E-state index >= 15 is 0 Å². The summed E-state index contributed by atoms with van der Waals surface area (Å²) in [6.07, 6.45) is 16.8. The van der Waals surface area contributed by atoms with Crippen molar-refractivity contribution >= 4 is 11.1 Å². The molecule has 1 aromatic carbocycles. The van der Waals surface area contributed by atoms with Crippen molar-refractivity contribution in [2.45, 2.75) is 112 Å². The number of benzene rings is 1. The van der Waals surface area contributed by atoms with E-state index in [2.05, 4.69) is 121 Å². The first-order valence-corrected chi connectivity index (χ1v) is 16.7. The minimum Gasteiger partial charge on any atom is -0.361 e. The molecule has 43 heavy (non-hydrogen) atoms. The SMILES string of the molecule is CC1=C(c2ccccc2)C=C(c2cc(C(C)(C)C)c[nH]2)CC1.CCCc1ccc(C2C[C@H](C[C@H](C)CC)C=CC2C)n1F. The highest BCUT2D eigenvalue weighted by atomic mass is 19.2. The molecule has 0 fully saturated rings. The van der Waals surface area contributed by atoms with Gasteiger partial charge in [-0.05, 0) is 109 Å². The Morgan fingerprint density at radius 2 is 1.77 bits per heavy atom. The molecule has 1 N–H and O–H groups in total. The van der Waals surface area contributed by atoms with E-state index in [1.807, 2.05) is 12.1 Å². The topological polar surface area (TPSA) is 20.7 Å². The number of hydrogen-bond donors (Lipinski definition) is 1. The molecule has 2 aliphatic carbocycles. The highest BCUT2D eigenvalue weighted by Crippen LogP contribution is 2.40. The summed E-state index contributed by atoms with van der Waals surface area (Å²) in [5, 5.41) is 0. The quantitative estimate of drug-likeness (QED) is 0.255. The zero-order valence-electron chi connectivity index (χ0n) is 28.0. The summed E-state index contributed by atoms with van der Waals surface area (Å²) < 4.78 is 14.5. The molecule has 0 radical (unpaired) electrons. The average Bonchev–Trinajstić information content (AvgIpc) is 3.63. The predicted octanol–water partition coefficient (Wildman–Crippen LogP) is 11.9. The summed E-state index contributed by atoms with van der Waals surface area (Å²) >= 11 is 0. The van der Waals surface area contributed by atoms with Gasteiger partial charge >= 0.3 is 0 Å². The average molecular weight is 583 g/mol. The van der Waals surface area contributed by atoms with Crippen LogP contribution in [0.25, 0.3) is 11.1 Å². The van der Waals surface area contributed by atoms with Crippen LogP contribution in [-0.2, 0) is 11.8 Å². The molecule has 232 valence electrons. The minimum absolute atomic E-state index is 0.192. The van der Waals surface area contributed by atoms with Gasteiger partial charge < -0.3 is 4.98 Å². The number of nitrogens with zero attached hydrogens (tertiary/aromatic N) is 1. The lowest BCUT2D eigenvalue weighted by atomic mass is 9.75. The van der Waals surface area contributed by atoms with Crippen LogP contribution >= 0.6 is 0 Å². The first-order chi connectivity index (χ1) is 20.5. The zero-order chi connectivity index (χ0) is 31.1. The molecule has 2 heterocycles. The molecule has 0 saturated carbocycles. The summed E-state index contributed by atoms with van der Waals surface area (Å²) in [7, 11) is 0. The van der Waals surface area contributed by atoms with Crippen molar-refractivity contribution < 1.29 is 4.48 Å². The van der Waals surface area contributed by atoms with Crippen LogP contribution in [0, 0.1) is 17.8 Å². The van der Waals surface area contributed by atoms with Crippen molar-refractivity contribution in [2.75, 3.05) is 0 Å². The maximum atomic E-state index is 14.5. The third-order valence-corrected chi connectivity index (χ3v) is 9.62. The number of rotatable bonds is 8. The second-order valence-electron chi connectivity index (χ2n) is 14.2.